The van der Waals surface area contributed by atoms with Crippen molar-refractivity contribution in [2.24, 2.45) is 0 Å². The Morgan fingerprint density at radius 1 is 1.00 bits per heavy atom. The first-order chi connectivity index (χ1) is 13.4. The number of phenolic OH excluding ortho intramolecular Hbond substituents is 2. The average molecular weight is 433 g/mol. The van der Waals surface area contributed by atoms with Gasteiger partial charge in [0.2, 0.25) is 0 Å². The Morgan fingerprint density at radius 3 is 2.32 bits per heavy atom. The van der Waals surface area contributed by atoms with Crippen molar-refractivity contribution in [1.82, 2.24) is 10.2 Å². The van der Waals surface area contributed by atoms with Crippen LogP contribution in [0.25, 0.3) is 0 Å². The number of Topliss-reactive ketones (excluding diaryl/α,β-unsaturated/α-hetero) is 1. The molecule has 0 aliphatic heterocycles. The Kier molecular flexibility index (Phi) is 6.98. The van der Waals surface area contributed by atoms with Gasteiger partial charge in [-0.2, -0.15) is 0 Å². The fourth-order valence-electron chi connectivity index (χ4n) is 2.37. The first kappa shape index (κ1) is 20.7. The number of ketones is 1. The van der Waals surface area contributed by atoms with Crippen LogP contribution in [-0.2, 0) is 5.75 Å². The minimum Gasteiger partial charge on any atom is -0.504 e. The lowest BCUT2D eigenvalue weighted by Crippen LogP contribution is -2.01. The summed E-state index contributed by atoms with van der Waals surface area (Å²) in [6.45, 7) is 4.36. The van der Waals surface area contributed by atoms with Crippen molar-refractivity contribution >= 4 is 40.6 Å². The monoisotopic (exact) mass is 432 g/mol. The molecule has 0 radical (unpaired) electrons. The summed E-state index contributed by atoms with van der Waals surface area (Å²) in [6, 6.07) is 12.7. The Balaban J connectivity index is 1.51. The van der Waals surface area contributed by atoms with Gasteiger partial charge in [0.05, 0.1) is 5.75 Å². The van der Waals surface area contributed by atoms with Crippen molar-refractivity contribution in [3.8, 4) is 11.5 Å². The zero-order valence-corrected chi connectivity index (χ0v) is 17.9. The first-order valence-electron chi connectivity index (χ1n) is 8.65. The van der Waals surface area contributed by atoms with Gasteiger partial charge in [-0.15, -0.1) is 10.2 Å². The van der Waals surface area contributed by atoms with Gasteiger partial charge in [0.15, 0.2) is 26.0 Å². The number of aromatic hydroxyl groups is 2. The molecular formula is C20H20N2O3S3. The molecule has 146 valence electrons. The molecule has 2 N–H and O–H groups in total. The molecule has 1 heterocycles. The molecule has 1 aromatic heterocycles. The molecule has 0 saturated carbocycles. The predicted molar refractivity (Wildman–Crippen MR) is 115 cm³/mol. The molecule has 3 rings (SSSR count). The van der Waals surface area contributed by atoms with E-state index in [4.69, 9.17) is 0 Å². The summed E-state index contributed by atoms with van der Waals surface area (Å²) in [4.78, 5) is 12.2. The Hall–Kier alpha value is -2.03. The maximum atomic E-state index is 12.2. The van der Waals surface area contributed by atoms with Gasteiger partial charge >= 0.3 is 0 Å². The van der Waals surface area contributed by atoms with Crippen molar-refractivity contribution in [3.05, 3.63) is 59.2 Å². The van der Waals surface area contributed by atoms with Crippen LogP contribution in [-0.4, -0.2) is 31.9 Å². The summed E-state index contributed by atoms with van der Waals surface area (Å²) in [6.07, 6.45) is 0. The van der Waals surface area contributed by atoms with Gasteiger partial charge in [0.1, 0.15) is 0 Å². The van der Waals surface area contributed by atoms with E-state index in [2.05, 4.69) is 48.3 Å². The largest absolute Gasteiger partial charge is 0.504 e. The van der Waals surface area contributed by atoms with Gasteiger partial charge in [-0.1, -0.05) is 73.0 Å². The van der Waals surface area contributed by atoms with E-state index in [-0.39, 0.29) is 23.0 Å². The lowest BCUT2D eigenvalue weighted by molar-refractivity contribution is 0.102. The van der Waals surface area contributed by atoms with Gasteiger partial charge in [0, 0.05) is 11.3 Å². The van der Waals surface area contributed by atoms with Crippen LogP contribution in [0.5, 0.6) is 11.5 Å². The summed E-state index contributed by atoms with van der Waals surface area (Å²) < 4.78 is 1.60. The summed E-state index contributed by atoms with van der Waals surface area (Å²) in [5.74, 6) is 0.859. The van der Waals surface area contributed by atoms with Gasteiger partial charge in [-0.25, -0.2) is 0 Å². The third kappa shape index (κ3) is 5.50. The highest BCUT2D eigenvalue weighted by Gasteiger charge is 2.12. The third-order valence-corrected chi connectivity index (χ3v) is 7.28. The van der Waals surface area contributed by atoms with Crippen LogP contribution in [0.3, 0.4) is 0 Å². The maximum Gasteiger partial charge on any atom is 0.175 e. The lowest BCUT2D eigenvalue weighted by Gasteiger charge is -2.05. The van der Waals surface area contributed by atoms with E-state index in [0.29, 0.717) is 11.5 Å². The Labute approximate surface area is 176 Å². The molecule has 0 aliphatic carbocycles. The number of phenols is 2. The highest BCUT2D eigenvalue weighted by atomic mass is 32.2. The Morgan fingerprint density at radius 2 is 1.68 bits per heavy atom. The summed E-state index contributed by atoms with van der Waals surface area (Å²) in [5, 5.41) is 27.1. The van der Waals surface area contributed by atoms with Gasteiger partial charge in [0.25, 0.3) is 0 Å². The van der Waals surface area contributed by atoms with E-state index < -0.39 is 0 Å². The van der Waals surface area contributed by atoms with E-state index in [1.165, 1.54) is 52.4 Å². The second-order valence-corrected chi connectivity index (χ2v) is 9.86. The quantitative estimate of drug-likeness (QED) is 0.282. The normalized spacial score (nSPS) is 11.1. The molecule has 28 heavy (non-hydrogen) atoms. The number of aromatic nitrogens is 2. The summed E-state index contributed by atoms with van der Waals surface area (Å²) >= 11 is 4.41. The molecule has 0 fully saturated rings. The molecule has 0 unspecified atom stereocenters. The zero-order chi connectivity index (χ0) is 20.1. The molecule has 5 nitrogen and oxygen atoms in total. The van der Waals surface area contributed by atoms with E-state index in [1.807, 2.05) is 0 Å². The zero-order valence-electron chi connectivity index (χ0n) is 15.5. The summed E-state index contributed by atoms with van der Waals surface area (Å²) in [5.41, 5.74) is 2.92. The standard InChI is InChI=1S/C20H20N2O3S3/c1-12(2)14-5-3-13(4-6-14)10-26-19-21-22-20(28-19)27-11-18(25)15-7-8-16(23)17(24)9-15/h3-9,12,23-24H,10-11H2,1-2H3. The summed E-state index contributed by atoms with van der Waals surface area (Å²) in [7, 11) is 0. The molecule has 2 aromatic carbocycles. The van der Waals surface area contributed by atoms with Crippen LogP contribution in [0.1, 0.15) is 41.3 Å². The van der Waals surface area contributed by atoms with Crippen molar-refractivity contribution in [2.75, 3.05) is 5.75 Å². The molecule has 0 spiro atoms. The number of benzene rings is 2. The number of rotatable bonds is 8. The highest BCUT2D eigenvalue weighted by Crippen LogP contribution is 2.32. The smallest absolute Gasteiger partial charge is 0.175 e. The van der Waals surface area contributed by atoms with Crippen molar-refractivity contribution in [1.29, 1.82) is 0 Å². The number of nitrogens with zero attached hydrogens (tertiary/aromatic N) is 2. The fourth-order valence-corrected chi connectivity index (χ4v) is 5.24. The molecule has 3 aromatic rings. The molecule has 0 amide bonds. The van der Waals surface area contributed by atoms with Gasteiger partial charge in [-0.05, 0) is 35.2 Å². The van der Waals surface area contributed by atoms with Gasteiger partial charge < -0.3 is 10.2 Å². The second kappa shape index (κ2) is 9.45. The molecule has 0 atom stereocenters. The lowest BCUT2D eigenvalue weighted by atomic mass is 10.0. The van der Waals surface area contributed by atoms with Crippen LogP contribution in [0.2, 0.25) is 0 Å². The average Bonchev–Trinajstić information content (AvgIpc) is 3.15. The number of hydrogen-bond donors (Lipinski definition) is 2. The topological polar surface area (TPSA) is 83.3 Å². The molecule has 0 aliphatic rings. The molecule has 0 saturated heterocycles. The molecule has 8 heteroatoms. The van der Waals surface area contributed by atoms with E-state index in [1.54, 1.807) is 11.8 Å². The SMILES string of the molecule is CC(C)c1ccc(CSc2nnc(SCC(=O)c3ccc(O)c(O)c3)s2)cc1. The van der Waals surface area contributed by atoms with Gasteiger partial charge in [-0.3, -0.25) is 4.79 Å². The predicted octanol–water partition coefficient (Wildman–Crippen LogP) is 5.34. The van der Waals surface area contributed by atoms with Crippen LogP contribution in [0, 0.1) is 0 Å². The van der Waals surface area contributed by atoms with E-state index in [0.717, 1.165) is 14.4 Å². The minimum atomic E-state index is -0.299. The van der Waals surface area contributed by atoms with Crippen LogP contribution in [0.15, 0.2) is 51.1 Å². The molecular weight excluding hydrogens is 412 g/mol. The Bertz CT molecular complexity index is 956. The number of carbonyl (C=O) groups is 1. The van der Waals surface area contributed by atoms with Crippen LogP contribution < -0.4 is 0 Å². The second-order valence-electron chi connectivity index (χ2n) is 6.43. The van der Waals surface area contributed by atoms with Crippen molar-refractivity contribution < 1.29 is 15.0 Å². The number of hydrogen-bond acceptors (Lipinski definition) is 8. The number of carbonyl (C=O) groups excluding carboxylic acids is 1. The van der Waals surface area contributed by atoms with E-state index in [9.17, 15) is 15.0 Å². The van der Waals surface area contributed by atoms with Crippen molar-refractivity contribution in [3.63, 3.8) is 0 Å². The van der Waals surface area contributed by atoms with Crippen LogP contribution in [0.4, 0.5) is 0 Å². The van der Waals surface area contributed by atoms with Crippen LogP contribution >= 0.6 is 34.9 Å². The highest BCUT2D eigenvalue weighted by molar-refractivity contribution is 8.03. The van der Waals surface area contributed by atoms with Crippen molar-refractivity contribution in [2.45, 2.75) is 34.2 Å². The minimum absolute atomic E-state index is 0.144. The first-order valence-corrected chi connectivity index (χ1v) is 11.4. The maximum absolute atomic E-state index is 12.2. The fraction of sp³-hybridized carbons (Fsp3) is 0.250. The van der Waals surface area contributed by atoms with E-state index >= 15 is 0 Å². The third-order valence-electron chi connectivity index (χ3n) is 4.02. The number of thioether (sulfide) groups is 2. The molecule has 0 bridgehead atoms.